The lowest BCUT2D eigenvalue weighted by molar-refractivity contribution is 0.576. The number of sulfonamides is 1. The number of nitrogens with two attached hydrogens (primary N) is 1. The van der Waals surface area contributed by atoms with Crippen LogP contribution in [0, 0.1) is 6.92 Å². The molecule has 0 saturated heterocycles. The van der Waals surface area contributed by atoms with E-state index in [2.05, 4.69) is 19.7 Å². The molecule has 0 aromatic carbocycles. The standard InChI is InChI=1S/C12H15N5O2S/c1-9-5-15-11(7-14-9)8-17-20(18,19)12-3-2-10(4-13)6-16-12/h2-3,5-7,17H,4,8,13H2,1H3. The summed E-state index contributed by atoms with van der Waals surface area (Å²) in [5.41, 5.74) is 7.52. The van der Waals surface area contributed by atoms with Crippen molar-refractivity contribution in [2.45, 2.75) is 25.0 Å². The largest absolute Gasteiger partial charge is 0.326 e. The van der Waals surface area contributed by atoms with Gasteiger partial charge in [0.25, 0.3) is 10.0 Å². The zero-order valence-corrected chi connectivity index (χ0v) is 11.8. The number of hydrogen-bond acceptors (Lipinski definition) is 6. The molecule has 0 bridgehead atoms. The predicted molar refractivity (Wildman–Crippen MR) is 72.9 cm³/mol. The zero-order valence-electron chi connectivity index (χ0n) is 10.9. The van der Waals surface area contributed by atoms with E-state index in [1.807, 2.05) is 6.92 Å². The molecule has 0 radical (unpaired) electrons. The first-order valence-corrected chi connectivity index (χ1v) is 7.42. The third-order valence-electron chi connectivity index (χ3n) is 2.59. The highest BCUT2D eigenvalue weighted by molar-refractivity contribution is 7.89. The summed E-state index contributed by atoms with van der Waals surface area (Å²) in [5.74, 6) is 0. The van der Waals surface area contributed by atoms with Gasteiger partial charge in [0, 0.05) is 18.9 Å². The predicted octanol–water partition coefficient (Wildman–Crippen LogP) is 0.117. The van der Waals surface area contributed by atoms with Crippen molar-refractivity contribution in [1.82, 2.24) is 19.7 Å². The molecule has 0 spiro atoms. The maximum atomic E-state index is 12.0. The van der Waals surface area contributed by atoms with Crippen LogP contribution in [-0.4, -0.2) is 23.4 Å². The van der Waals surface area contributed by atoms with Crippen LogP contribution < -0.4 is 10.5 Å². The third-order valence-corrected chi connectivity index (χ3v) is 3.90. The maximum absolute atomic E-state index is 12.0. The van der Waals surface area contributed by atoms with Gasteiger partial charge in [-0.15, -0.1) is 0 Å². The van der Waals surface area contributed by atoms with E-state index in [0.717, 1.165) is 11.3 Å². The summed E-state index contributed by atoms with van der Waals surface area (Å²) in [7, 11) is -3.66. The number of hydrogen-bond donors (Lipinski definition) is 2. The van der Waals surface area contributed by atoms with Crippen molar-refractivity contribution >= 4 is 10.0 Å². The average molecular weight is 293 g/mol. The molecule has 0 fully saturated rings. The molecule has 0 aliphatic carbocycles. The molecular weight excluding hydrogens is 278 g/mol. The number of aromatic nitrogens is 3. The molecule has 7 nitrogen and oxygen atoms in total. The number of rotatable bonds is 5. The highest BCUT2D eigenvalue weighted by Crippen LogP contribution is 2.07. The summed E-state index contributed by atoms with van der Waals surface area (Å²) in [4.78, 5) is 12.0. The highest BCUT2D eigenvalue weighted by atomic mass is 32.2. The summed E-state index contributed by atoms with van der Waals surface area (Å²) < 4.78 is 26.5. The first-order chi connectivity index (χ1) is 9.51. The van der Waals surface area contributed by atoms with Gasteiger partial charge in [0.05, 0.1) is 24.1 Å². The van der Waals surface area contributed by atoms with Crippen molar-refractivity contribution in [3.8, 4) is 0 Å². The van der Waals surface area contributed by atoms with Crippen LogP contribution in [-0.2, 0) is 23.1 Å². The molecule has 3 N–H and O–H groups in total. The fourth-order valence-corrected chi connectivity index (χ4v) is 2.37. The molecular formula is C12H15N5O2S. The third kappa shape index (κ3) is 3.56. The lowest BCUT2D eigenvalue weighted by Gasteiger charge is -2.06. The molecule has 8 heteroatoms. The maximum Gasteiger partial charge on any atom is 0.258 e. The van der Waals surface area contributed by atoms with Crippen LogP contribution in [0.2, 0.25) is 0 Å². The molecule has 106 valence electrons. The Labute approximate surface area is 117 Å². The SMILES string of the molecule is Cc1cnc(CNS(=O)(=O)c2ccc(CN)cn2)cn1. The van der Waals surface area contributed by atoms with Gasteiger partial charge in [0.1, 0.15) is 0 Å². The molecule has 2 heterocycles. The Kier molecular flexibility index (Phi) is 4.38. The Balaban J connectivity index is 2.08. The van der Waals surface area contributed by atoms with Crippen LogP contribution in [0.15, 0.2) is 35.7 Å². The second-order valence-electron chi connectivity index (χ2n) is 4.18. The van der Waals surface area contributed by atoms with E-state index in [9.17, 15) is 8.42 Å². The summed E-state index contributed by atoms with van der Waals surface area (Å²) in [6.45, 7) is 2.19. The molecule has 0 saturated carbocycles. The van der Waals surface area contributed by atoms with Gasteiger partial charge in [-0.2, -0.15) is 0 Å². The van der Waals surface area contributed by atoms with Gasteiger partial charge in [0.2, 0.25) is 0 Å². The summed E-state index contributed by atoms with van der Waals surface area (Å²) >= 11 is 0. The lowest BCUT2D eigenvalue weighted by atomic mass is 10.3. The highest BCUT2D eigenvalue weighted by Gasteiger charge is 2.15. The molecule has 0 aliphatic rings. The first-order valence-electron chi connectivity index (χ1n) is 5.93. The average Bonchev–Trinajstić information content (AvgIpc) is 2.47. The van der Waals surface area contributed by atoms with Crippen molar-refractivity contribution in [3.05, 3.63) is 47.7 Å². The number of aryl methyl sites for hydroxylation is 1. The zero-order chi connectivity index (χ0) is 14.6. The Bertz CT molecular complexity index is 668. The minimum Gasteiger partial charge on any atom is -0.326 e. The molecule has 0 aliphatic heterocycles. The number of pyridine rings is 1. The number of nitrogens with zero attached hydrogens (tertiary/aromatic N) is 3. The van der Waals surface area contributed by atoms with Crippen LogP contribution in [0.1, 0.15) is 17.0 Å². The van der Waals surface area contributed by atoms with Crippen LogP contribution >= 0.6 is 0 Å². The van der Waals surface area contributed by atoms with Crippen LogP contribution in [0.5, 0.6) is 0 Å². The summed E-state index contributed by atoms with van der Waals surface area (Å²) in [5, 5.41) is -0.0465. The Morgan fingerprint density at radius 3 is 2.50 bits per heavy atom. The van der Waals surface area contributed by atoms with Crippen molar-refractivity contribution in [3.63, 3.8) is 0 Å². The van der Waals surface area contributed by atoms with Crippen molar-refractivity contribution in [1.29, 1.82) is 0 Å². The lowest BCUT2D eigenvalue weighted by Crippen LogP contribution is -2.24. The van der Waals surface area contributed by atoms with Crippen LogP contribution in [0.25, 0.3) is 0 Å². The van der Waals surface area contributed by atoms with Gasteiger partial charge in [-0.25, -0.2) is 18.1 Å². The molecule has 0 unspecified atom stereocenters. The first kappa shape index (κ1) is 14.5. The number of nitrogens with one attached hydrogen (secondary N) is 1. The van der Waals surface area contributed by atoms with E-state index < -0.39 is 10.0 Å². The minimum atomic E-state index is -3.66. The van der Waals surface area contributed by atoms with Crippen molar-refractivity contribution in [2.75, 3.05) is 0 Å². The van der Waals surface area contributed by atoms with E-state index in [4.69, 9.17) is 5.73 Å². The minimum absolute atomic E-state index is 0.0465. The van der Waals surface area contributed by atoms with Gasteiger partial charge in [-0.05, 0) is 18.6 Å². The Morgan fingerprint density at radius 1 is 1.15 bits per heavy atom. The topological polar surface area (TPSA) is 111 Å². The van der Waals surface area contributed by atoms with Crippen molar-refractivity contribution < 1.29 is 8.42 Å². The molecule has 2 aromatic heterocycles. The van der Waals surface area contributed by atoms with E-state index >= 15 is 0 Å². The molecule has 2 rings (SSSR count). The second-order valence-corrected chi connectivity index (χ2v) is 5.90. The molecule has 0 amide bonds. The second kappa shape index (κ2) is 6.04. The quantitative estimate of drug-likeness (QED) is 0.810. The van der Waals surface area contributed by atoms with Gasteiger partial charge >= 0.3 is 0 Å². The van der Waals surface area contributed by atoms with Gasteiger partial charge < -0.3 is 5.73 Å². The fraction of sp³-hybridized carbons (Fsp3) is 0.250. The summed E-state index contributed by atoms with van der Waals surface area (Å²) in [6.07, 6.45) is 4.56. The van der Waals surface area contributed by atoms with E-state index in [0.29, 0.717) is 12.2 Å². The van der Waals surface area contributed by atoms with Crippen LogP contribution in [0.4, 0.5) is 0 Å². The Hall–Kier alpha value is -1.90. The van der Waals surface area contributed by atoms with Gasteiger partial charge in [-0.1, -0.05) is 6.07 Å². The molecule has 0 atom stereocenters. The smallest absolute Gasteiger partial charge is 0.258 e. The summed E-state index contributed by atoms with van der Waals surface area (Å²) in [6, 6.07) is 3.05. The van der Waals surface area contributed by atoms with E-state index in [1.165, 1.54) is 18.5 Å². The molecule has 20 heavy (non-hydrogen) atoms. The van der Waals surface area contributed by atoms with Gasteiger partial charge in [0.15, 0.2) is 5.03 Å². The van der Waals surface area contributed by atoms with Gasteiger partial charge in [-0.3, -0.25) is 9.97 Å². The normalized spacial score (nSPS) is 11.5. The van der Waals surface area contributed by atoms with Crippen LogP contribution in [0.3, 0.4) is 0 Å². The van der Waals surface area contributed by atoms with E-state index in [1.54, 1.807) is 12.3 Å². The monoisotopic (exact) mass is 293 g/mol. The Morgan fingerprint density at radius 2 is 1.95 bits per heavy atom. The fourth-order valence-electron chi connectivity index (χ4n) is 1.44. The molecule has 2 aromatic rings. The van der Waals surface area contributed by atoms with Crippen molar-refractivity contribution in [2.24, 2.45) is 5.73 Å². The van der Waals surface area contributed by atoms with E-state index in [-0.39, 0.29) is 11.6 Å².